The minimum absolute atomic E-state index is 0.109. The van der Waals surface area contributed by atoms with Crippen LogP contribution in [-0.2, 0) is 47.4 Å². The number of hydrogen-bond acceptors (Lipinski definition) is 27. The van der Waals surface area contributed by atoms with E-state index in [0.29, 0.717) is 19.4 Å². The molecule has 358 valence electrons. The van der Waals surface area contributed by atoms with Gasteiger partial charge in [0, 0.05) is 6.61 Å². The van der Waals surface area contributed by atoms with Gasteiger partial charge in [-0.2, -0.15) is 0 Å². The Balaban J connectivity index is 1.20. The van der Waals surface area contributed by atoms with Crippen LogP contribution in [0, 0.1) is 0 Å². The minimum atomic E-state index is -2.11. The molecule has 0 spiro atoms. The summed E-state index contributed by atoms with van der Waals surface area (Å²) >= 11 is 0. The summed E-state index contributed by atoms with van der Waals surface area (Å²) in [4.78, 5) is 0. The van der Waals surface area contributed by atoms with Crippen molar-refractivity contribution in [1.29, 1.82) is 0 Å². The summed E-state index contributed by atoms with van der Waals surface area (Å²) in [6.07, 6.45) is -43.5. The fourth-order valence-electron chi connectivity index (χ4n) is 7.60. The van der Waals surface area contributed by atoms with Gasteiger partial charge in [-0.25, -0.2) is 0 Å². The Morgan fingerprint density at radius 2 is 0.607 bits per heavy atom. The van der Waals surface area contributed by atoms with Crippen molar-refractivity contribution in [3.63, 3.8) is 0 Å². The lowest BCUT2D eigenvalue weighted by Gasteiger charge is -2.49. The topological polar surface area (TPSA) is 442 Å². The number of aliphatic hydroxyl groups excluding tert-OH is 16. The van der Waals surface area contributed by atoms with Crippen LogP contribution in [0.15, 0.2) is 0 Å². The van der Waals surface area contributed by atoms with Crippen LogP contribution in [0.5, 0.6) is 0 Å². The second-order valence-corrected chi connectivity index (χ2v) is 15.3. The molecule has 5 heterocycles. The third-order valence-electron chi connectivity index (χ3n) is 11.2. The van der Waals surface area contributed by atoms with Gasteiger partial charge in [-0.1, -0.05) is 0 Å². The van der Waals surface area contributed by atoms with Crippen molar-refractivity contribution in [1.82, 2.24) is 0 Å². The molecule has 27 nitrogen and oxygen atoms in total. The number of aliphatic hydroxyl groups is 16. The van der Waals surface area contributed by atoms with Gasteiger partial charge in [0.2, 0.25) is 0 Å². The van der Waals surface area contributed by atoms with Crippen LogP contribution in [0.3, 0.4) is 0 Å². The highest BCUT2D eigenvalue weighted by Gasteiger charge is 2.56. The van der Waals surface area contributed by atoms with Crippen molar-refractivity contribution in [2.45, 2.75) is 166 Å². The molecule has 0 bridgehead atoms. The molecule has 0 aromatic heterocycles. The predicted molar refractivity (Wildman–Crippen MR) is 189 cm³/mol. The summed E-state index contributed by atoms with van der Waals surface area (Å²) in [6.45, 7) is -3.91. The third-order valence-corrected chi connectivity index (χ3v) is 11.2. The molecule has 5 aliphatic heterocycles. The molecular weight excluding hydrogens is 838 g/mol. The lowest BCUT2D eigenvalue weighted by molar-refractivity contribution is -0.393. The molecule has 5 aliphatic rings. The zero-order valence-corrected chi connectivity index (χ0v) is 32.6. The Morgan fingerprint density at radius 1 is 0.328 bits per heavy atom. The summed E-state index contributed by atoms with van der Waals surface area (Å²) in [5.74, 6) is 0. The molecule has 25 atom stereocenters. The van der Waals surface area contributed by atoms with Gasteiger partial charge in [0.1, 0.15) is 122 Å². The van der Waals surface area contributed by atoms with Crippen molar-refractivity contribution >= 4 is 0 Å². The summed E-state index contributed by atoms with van der Waals surface area (Å²) in [7, 11) is 0. The largest absolute Gasteiger partial charge is 0.394 e. The van der Waals surface area contributed by atoms with Crippen LogP contribution in [0.1, 0.15) is 12.8 Å². The molecule has 0 aliphatic carbocycles. The number of unbranched alkanes of at least 4 members (excludes halogenated alkanes) is 1. The number of ether oxygens (including phenoxy) is 10. The summed E-state index contributed by atoms with van der Waals surface area (Å²) in [5.41, 5.74) is 5.46. The molecule has 27 heteroatoms. The number of rotatable bonds is 18. The Kier molecular flexibility index (Phi) is 19.1. The Morgan fingerprint density at radius 3 is 0.918 bits per heavy atom. The highest BCUT2D eigenvalue weighted by molar-refractivity contribution is 4.99. The van der Waals surface area contributed by atoms with Gasteiger partial charge in [0.25, 0.3) is 0 Å². The first kappa shape index (κ1) is 50.9. The average Bonchev–Trinajstić information content (AvgIpc) is 3.26. The van der Waals surface area contributed by atoms with Gasteiger partial charge in [-0.15, -0.1) is 0 Å². The Hall–Kier alpha value is -1.08. The van der Waals surface area contributed by atoms with Crippen molar-refractivity contribution in [2.75, 3.05) is 46.2 Å². The van der Waals surface area contributed by atoms with Crippen LogP contribution >= 0.6 is 0 Å². The van der Waals surface area contributed by atoms with E-state index in [2.05, 4.69) is 0 Å². The highest BCUT2D eigenvalue weighted by Crippen LogP contribution is 2.35. The fourth-order valence-corrected chi connectivity index (χ4v) is 7.60. The monoisotopic (exact) mass is 899 g/mol. The molecule has 0 aromatic carbocycles. The molecule has 5 rings (SSSR count). The summed E-state index contributed by atoms with van der Waals surface area (Å²) < 4.78 is 55.6. The zero-order chi connectivity index (χ0) is 44.9. The summed E-state index contributed by atoms with van der Waals surface area (Å²) in [5, 5.41) is 168. The van der Waals surface area contributed by atoms with E-state index in [-0.39, 0.29) is 6.61 Å². The molecule has 0 aromatic rings. The fraction of sp³-hybridized carbons (Fsp3) is 1.00. The molecule has 0 saturated carbocycles. The Labute approximate surface area is 347 Å². The Bertz CT molecular complexity index is 1290. The maximum atomic E-state index is 11.2. The van der Waals surface area contributed by atoms with Crippen molar-refractivity contribution < 1.29 is 129 Å². The van der Waals surface area contributed by atoms with Crippen molar-refractivity contribution in [2.24, 2.45) is 5.73 Å². The first-order chi connectivity index (χ1) is 29.1. The molecule has 0 amide bonds. The molecular formula is C34H61NO26. The second-order valence-electron chi connectivity index (χ2n) is 15.3. The molecule has 10 unspecified atom stereocenters. The smallest absolute Gasteiger partial charge is 0.187 e. The van der Waals surface area contributed by atoms with Gasteiger partial charge >= 0.3 is 0 Å². The zero-order valence-electron chi connectivity index (χ0n) is 32.6. The van der Waals surface area contributed by atoms with Crippen LogP contribution < -0.4 is 5.73 Å². The average molecular weight is 900 g/mol. The normalized spacial score (nSPS) is 49.8. The third kappa shape index (κ3) is 11.1. The van der Waals surface area contributed by atoms with Gasteiger partial charge < -0.3 is 135 Å². The molecule has 0 radical (unpaired) electrons. The molecule has 5 fully saturated rings. The maximum absolute atomic E-state index is 11.2. The minimum Gasteiger partial charge on any atom is -0.394 e. The molecule has 18 N–H and O–H groups in total. The number of nitrogens with two attached hydrogens (primary N) is 1. The van der Waals surface area contributed by atoms with E-state index < -0.39 is 187 Å². The van der Waals surface area contributed by atoms with Crippen LogP contribution in [-0.4, -0.2) is 281 Å². The standard InChI is InChI=1S/C34H61NO26/c35-3-1-2-4-52-30-22(48)17(43)26(11(6-37)54-30)59-32-24(50)19(45)28(13(8-39)56-32)61-34-25(51)20(46)29(14(9-40)57-34)60-33-23(49)18(44)27(12(7-38)55-33)58-31-21(47)16(42)15(41)10(5-36)53-31/h10-34,36-51H,1-9,35H2/t10?,11?,12?,13?,14?,15-,16+,17-,18-,19-,20-,21?,22?,23?,24?,25?,26-,27-,28-,29+,30+,31+,32+,33-,34-/m1/s1. The van der Waals surface area contributed by atoms with E-state index in [9.17, 15) is 81.7 Å². The van der Waals surface area contributed by atoms with Crippen LogP contribution in [0.4, 0.5) is 0 Å². The highest BCUT2D eigenvalue weighted by atomic mass is 16.8. The molecule has 61 heavy (non-hydrogen) atoms. The summed E-state index contributed by atoms with van der Waals surface area (Å²) in [6, 6.07) is 0. The second kappa shape index (κ2) is 22.9. The predicted octanol–water partition coefficient (Wildman–Crippen LogP) is -11.2. The lowest BCUT2D eigenvalue weighted by Crippen LogP contribution is -2.68. The van der Waals surface area contributed by atoms with Gasteiger partial charge in [0.15, 0.2) is 31.5 Å². The SMILES string of the molecule is NCCCCO[C@H]1OC(CO)[C@@H](O[C@@H]2OC(CO)[C@@H](O[C@H]3OC(CO)[C@H](O[C@H]4OC(CO)[C@@H](O[C@@H]5OC(CO)[C@@H](O)[C@H](O)C5O)[C@H](O)C4O)[C@H](O)C3O)[C@H](O)C2O)[C@H](O)C1O. The van der Waals surface area contributed by atoms with E-state index in [1.165, 1.54) is 0 Å². The van der Waals surface area contributed by atoms with Gasteiger partial charge in [0.05, 0.1) is 33.0 Å². The quantitative estimate of drug-likeness (QED) is 0.0568. The van der Waals surface area contributed by atoms with E-state index >= 15 is 0 Å². The van der Waals surface area contributed by atoms with E-state index in [4.69, 9.17) is 53.1 Å². The van der Waals surface area contributed by atoms with Crippen molar-refractivity contribution in [3.8, 4) is 0 Å². The van der Waals surface area contributed by atoms with Gasteiger partial charge in [-0.3, -0.25) is 0 Å². The first-order valence-corrected chi connectivity index (χ1v) is 19.8. The lowest BCUT2D eigenvalue weighted by atomic mass is 9.95. The van der Waals surface area contributed by atoms with E-state index in [1.807, 2.05) is 0 Å². The first-order valence-electron chi connectivity index (χ1n) is 19.8. The van der Waals surface area contributed by atoms with E-state index in [1.54, 1.807) is 0 Å². The van der Waals surface area contributed by atoms with E-state index in [0.717, 1.165) is 0 Å². The maximum Gasteiger partial charge on any atom is 0.187 e. The van der Waals surface area contributed by atoms with Crippen LogP contribution in [0.2, 0.25) is 0 Å². The van der Waals surface area contributed by atoms with Crippen molar-refractivity contribution in [3.05, 3.63) is 0 Å². The van der Waals surface area contributed by atoms with Crippen LogP contribution in [0.25, 0.3) is 0 Å². The van der Waals surface area contributed by atoms with Gasteiger partial charge in [-0.05, 0) is 19.4 Å². The molecule has 5 saturated heterocycles. The number of hydrogen-bond donors (Lipinski definition) is 17.